The first kappa shape index (κ1) is 14.2. The molecule has 0 aromatic heterocycles. The molecule has 4 nitrogen and oxygen atoms in total. The molecule has 0 aliphatic carbocycles. The summed E-state index contributed by atoms with van der Waals surface area (Å²) in [6.45, 7) is 2.57. The first-order valence-electron chi connectivity index (χ1n) is 5.18. The van der Waals surface area contributed by atoms with E-state index in [1.54, 1.807) is 7.05 Å². The fraction of sp³-hybridized carbons (Fsp3) is 0.800. The van der Waals surface area contributed by atoms with Crippen LogP contribution < -0.4 is 5.32 Å². The number of likely N-dealkylation sites (N-methyl/N-ethyl adjacent to an activating group) is 2. The van der Waals surface area contributed by atoms with E-state index >= 15 is 0 Å². The highest BCUT2D eigenvalue weighted by atomic mass is 35.5. The topological polar surface area (TPSA) is 49.4 Å². The Morgan fingerprint density at radius 1 is 1.33 bits per heavy atom. The molecule has 0 saturated heterocycles. The number of carbonyl (C=O) groups is 2. The van der Waals surface area contributed by atoms with Gasteiger partial charge in [0.1, 0.15) is 0 Å². The van der Waals surface area contributed by atoms with E-state index in [4.69, 9.17) is 11.6 Å². The second-order valence-corrected chi connectivity index (χ2v) is 3.73. The lowest BCUT2D eigenvalue weighted by Crippen LogP contribution is -2.38. The van der Waals surface area contributed by atoms with Crippen LogP contribution in [0.15, 0.2) is 0 Å². The summed E-state index contributed by atoms with van der Waals surface area (Å²) in [5.74, 6) is 0.449. The molecule has 2 amide bonds. The highest BCUT2D eigenvalue weighted by Gasteiger charge is 2.11. The van der Waals surface area contributed by atoms with Crippen LogP contribution in [0.3, 0.4) is 0 Å². The van der Waals surface area contributed by atoms with Gasteiger partial charge in [-0.05, 0) is 19.8 Å². The maximum absolute atomic E-state index is 11.5. The Hall–Kier alpha value is -0.770. The number of nitrogens with zero attached hydrogens (tertiary/aromatic N) is 1. The smallest absolute Gasteiger partial charge is 0.239 e. The molecule has 0 rings (SSSR count). The lowest BCUT2D eigenvalue weighted by Gasteiger charge is -2.16. The van der Waals surface area contributed by atoms with Crippen molar-refractivity contribution in [3.63, 3.8) is 0 Å². The number of rotatable bonds is 7. The van der Waals surface area contributed by atoms with Crippen molar-refractivity contribution < 1.29 is 9.59 Å². The Bertz CT molecular complexity index is 210. The van der Waals surface area contributed by atoms with Crippen LogP contribution in [0, 0.1) is 0 Å². The van der Waals surface area contributed by atoms with Crippen LogP contribution in [0.4, 0.5) is 0 Å². The number of halogens is 1. The number of alkyl halides is 1. The molecule has 0 aliphatic heterocycles. The minimum atomic E-state index is -0.120. The molecule has 0 atom stereocenters. The van der Waals surface area contributed by atoms with Crippen LogP contribution >= 0.6 is 11.6 Å². The predicted octanol–water partition coefficient (Wildman–Crippen LogP) is 0.990. The summed E-state index contributed by atoms with van der Waals surface area (Å²) in [4.78, 5) is 24.1. The van der Waals surface area contributed by atoms with Gasteiger partial charge in [-0.2, -0.15) is 0 Å². The number of unbranched alkanes of at least 4 members (excludes halogenated alkanes) is 1. The van der Waals surface area contributed by atoms with Crippen molar-refractivity contribution in [2.75, 3.05) is 26.0 Å². The zero-order valence-electron chi connectivity index (χ0n) is 9.38. The molecule has 0 aromatic carbocycles. The Labute approximate surface area is 96.0 Å². The van der Waals surface area contributed by atoms with Gasteiger partial charge in [-0.25, -0.2) is 0 Å². The number of hydrogen-bond donors (Lipinski definition) is 1. The van der Waals surface area contributed by atoms with E-state index in [0.29, 0.717) is 18.8 Å². The van der Waals surface area contributed by atoms with E-state index in [1.807, 2.05) is 6.92 Å². The molecule has 0 unspecified atom stereocenters. The van der Waals surface area contributed by atoms with E-state index in [1.165, 1.54) is 4.90 Å². The zero-order valence-corrected chi connectivity index (χ0v) is 10.1. The first-order valence-corrected chi connectivity index (χ1v) is 5.71. The van der Waals surface area contributed by atoms with Crippen LogP contribution in [-0.2, 0) is 9.59 Å². The molecule has 0 heterocycles. The average molecular weight is 235 g/mol. The van der Waals surface area contributed by atoms with Gasteiger partial charge in [0.2, 0.25) is 11.8 Å². The zero-order chi connectivity index (χ0) is 11.7. The monoisotopic (exact) mass is 234 g/mol. The Morgan fingerprint density at radius 3 is 2.53 bits per heavy atom. The summed E-state index contributed by atoms with van der Waals surface area (Å²) in [6, 6.07) is 0. The predicted molar refractivity (Wildman–Crippen MR) is 60.9 cm³/mol. The molecular formula is C10H19ClN2O2. The van der Waals surface area contributed by atoms with Crippen molar-refractivity contribution in [1.29, 1.82) is 0 Å². The van der Waals surface area contributed by atoms with Crippen molar-refractivity contribution in [3.8, 4) is 0 Å². The van der Waals surface area contributed by atoms with E-state index in [0.717, 1.165) is 12.8 Å². The SMILES string of the molecule is CCNC(=O)CN(C)C(=O)CCCCCl. The highest BCUT2D eigenvalue weighted by molar-refractivity contribution is 6.17. The maximum atomic E-state index is 11.5. The van der Waals surface area contributed by atoms with Gasteiger partial charge in [0.25, 0.3) is 0 Å². The normalized spacial score (nSPS) is 9.80. The fourth-order valence-corrected chi connectivity index (χ4v) is 1.31. The summed E-state index contributed by atoms with van der Waals surface area (Å²) in [5.41, 5.74) is 0. The summed E-state index contributed by atoms with van der Waals surface area (Å²) in [5, 5.41) is 2.64. The van der Waals surface area contributed by atoms with Crippen molar-refractivity contribution >= 4 is 23.4 Å². The Kier molecular flexibility index (Phi) is 8.09. The van der Waals surface area contributed by atoms with Crippen LogP contribution in [0.25, 0.3) is 0 Å². The number of nitrogens with one attached hydrogen (secondary N) is 1. The molecule has 0 aliphatic rings. The van der Waals surface area contributed by atoms with Gasteiger partial charge in [0, 0.05) is 25.9 Å². The molecule has 88 valence electrons. The summed E-state index contributed by atoms with van der Waals surface area (Å²) < 4.78 is 0. The summed E-state index contributed by atoms with van der Waals surface area (Å²) in [6.07, 6.45) is 2.08. The minimum Gasteiger partial charge on any atom is -0.355 e. The van der Waals surface area contributed by atoms with E-state index in [9.17, 15) is 9.59 Å². The molecule has 0 saturated carbocycles. The van der Waals surface area contributed by atoms with Crippen molar-refractivity contribution in [1.82, 2.24) is 10.2 Å². The lowest BCUT2D eigenvalue weighted by molar-refractivity contribution is -0.134. The van der Waals surface area contributed by atoms with Crippen LogP contribution in [0.5, 0.6) is 0 Å². The maximum Gasteiger partial charge on any atom is 0.239 e. The highest BCUT2D eigenvalue weighted by Crippen LogP contribution is 2.00. The second kappa shape index (κ2) is 8.53. The van der Waals surface area contributed by atoms with Gasteiger partial charge in [0.05, 0.1) is 6.54 Å². The molecule has 0 aromatic rings. The largest absolute Gasteiger partial charge is 0.355 e. The molecular weight excluding hydrogens is 216 g/mol. The molecule has 5 heteroatoms. The Morgan fingerprint density at radius 2 is 2.00 bits per heavy atom. The molecule has 15 heavy (non-hydrogen) atoms. The van der Waals surface area contributed by atoms with Crippen molar-refractivity contribution in [2.24, 2.45) is 0 Å². The molecule has 0 bridgehead atoms. The van der Waals surface area contributed by atoms with Gasteiger partial charge in [-0.1, -0.05) is 0 Å². The number of hydrogen-bond acceptors (Lipinski definition) is 2. The van der Waals surface area contributed by atoms with Crippen molar-refractivity contribution in [2.45, 2.75) is 26.2 Å². The van der Waals surface area contributed by atoms with Crippen LogP contribution in [-0.4, -0.2) is 42.7 Å². The van der Waals surface area contributed by atoms with Crippen LogP contribution in [0.2, 0.25) is 0 Å². The third kappa shape index (κ3) is 7.19. The van der Waals surface area contributed by atoms with Gasteiger partial charge >= 0.3 is 0 Å². The first-order chi connectivity index (χ1) is 7.11. The third-order valence-electron chi connectivity index (χ3n) is 1.95. The molecule has 1 N–H and O–H groups in total. The average Bonchev–Trinajstić information content (AvgIpc) is 2.18. The quantitative estimate of drug-likeness (QED) is 0.528. The van der Waals surface area contributed by atoms with E-state index < -0.39 is 0 Å². The van der Waals surface area contributed by atoms with E-state index in [2.05, 4.69) is 5.32 Å². The van der Waals surface area contributed by atoms with E-state index in [-0.39, 0.29) is 18.4 Å². The summed E-state index contributed by atoms with van der Waals surface area (Å²) in [7, 11) is 1.64. The van der Waals surface area contributed by atoms with Gasteiger partial charge in [0.15, 0.2) is 0 Å². The standard InChI is InChI=1S/C10H19ClN2O2/c1-3-12-9(14)8-13(2)10(15)6-4-5-7-11/h3-8H2,1-2H3,(H,12,14). The van der Waals surface area contributed by atoms with Crippen LogP contribution in [0.1, 0.15) is 26.2 Å². The third-order valence-corrected chi connectivity index (χ3v) is 2.22. The van der Waals surface area contributed by atoms with Gasteiger partial charge in [-0.15, -0.1) is 11.6 Å². The van der Waals surface area contributed by atoms with Gasteiger partial charge < -0.3 is 10.2 Å². The molecule has 0 fully saturated rings. The number of carbonyl (C=O) groups excluding carboxylic acids is 2. The van der Waals surface area contributed by atoms with Crippen molar-refractivity contribution in [3.05, 3.63) is 0 Å². The second-order valence-electron chi connectivity index (χ2n) is 3.35. The number of amides is 2. The molecule has 0 spiro atoms. The lowest BCUT2D eigenvalue weighted by atomic mass is 10.2. The Balaban J connectivity index is 3.73. The fourth-order valence-electron chi connectivity index (χ4n) is 1.12. The van der Waals surface area contributed by atoms with Gasteiger partial charge in [-0.3, -0.25) is 9.59 Å². The molecule has 0 radical (unpaired) electrons. The minimum absolute atomic E-state index is 0.00799. The summed E-state index contributed by atoms with van der Waals surface area (Å²) >= 11 is 5.50.